The Labute approximate surface area is 107 Å². The van der Waals surface area contributed by atoms with Crippen molar-refractivity contribution in [3.63, 3.8) is 0 Å². The highest BCUT2D eigenvalue weighted by Crippen LogP contribution is 2.24. The summed E-state index contributed by atoms with van der Waals surface area (Å²) in [4.78, 5) is 6.86. The molecule has 2 rings (SSSR count). The minimum absolute atomic E-state index is 0.214. The Morgan fingerprint density at radius 1 is 1.59 bits per heavy atom. The normalized spacial score (nSPS) is 24.7. The predicted molar refractivity (Wildman–Crippen MR) is 72.3 cm³/mol. The Bertz CT molecular complexity index is 424. The van der Waals surface area contributed by atoms with Crippen molar-refractivity contribution in [3.8, 4) is 0 Å². The first kappa shape index (κ1) is 12.3. The van der Waals surface area contributed by atoms with Crippen molar-refractivity contribution in [1.82, 2.24) is 4.98 Å². The highest BCUT2D eigenvalue weighted by Gasteiger charge is 2.26. The number of rotatable bonds is 2. The van der Waals surface area contributed by atoms with Crippen LogP contribution in [-0.4, -0.2) is 35.3 Å². The van der Waals surface area contributed by atoms with Gasteiger partial charge < -0.3 is 15.4 Å². The minimum Gasteiger partial charge on any atom is -0.388 e. The first-order chi connectivity index (χ1) is 8.09. The zero-order valence-electron chi connectivity index (χ0n) is 10.1. The number of thiocarbonyl (C=S) groups is 1. The van der Waals surface area contributed by atoms with Crippen LogP contribution in [0.25, 0.3) is 0 Å². The lowest BCUT2D eigenvalue weighted by atomic mass is 10.1. The highest BCUT2D eigenvalue weighted by molar-refractivity contribution is 7.80. The minimum atomic E-state index is 0.214. The molecule has 5 heteroatoms. The lowest BCUT2D eigenvalue weighted by Gasteiger charge is -2.39. The van der Waals surface area contributed by atoms with Crippen molar-refractivity contribution in [3.05, 3.63) is 24.0 Å². The number of aromatic nitrogens is 1. The number of hydrogen-bond donors (Lipinski definition) is 1. The van der Waals surface area contributed by atoms with Gasteiger partial charge >= 0.3 is 0 Å². The van der Waals surface area contributed by atoms with E-state index in [4.69, 9.17) is 22.7 Å². The molecule has 0 saturated carbocycles. The molecule has 1 aromatic heterocycles. The summed E-state index contributed by atoms with van der Waals surface area (Å²) >= 11 is 5.04. The maximum Gasteiger partial charge on any atom is 0.124 e. The second-order valence-corrected chi connectivity index (χ2v) is 4.82. The molecule has 0 spiro atoms. The lowest BCUT2D eigenvalue weighted by molar-refractivity contribution is 0.0343. The van der Waals surface area contributed by atoms with Crippen LogP contribution >= 0.6 is 12.2 Å². The van der Waals surface area contributed by atoms with E-state index < -0.39 is 0 Å². The molecule has 0 aliphatic carbocycles. The molecule has 0 amide bonds. The van der Waals surface area contributed by atoms with Gasteiger partial charge in [-0.15, -0.1) is 0 Å². The molecule has 1 fully saturated rings. The molecule has 1 aromatic rings. The number of anilines is 1. The summed E-state index contributed by atoms with van der Waals surface area (Å²) in [6, 6.07) is 4.23. The van der Waals surface area contributed by atoms with Crippen molar-refractivity contribution >= 4 is 22.9 Å². The molecule has 1 aliphatic heterocycles. The van der Waals surface area contributed by atoms with Crippen LogP contribution < -0.4 is 10.6 Å². The van der Waals surface area contributed by atoms with Crippen LogP contribution in [0.3, 0.4) is 0 Å². The van der Waals surface area contributed by atoms with Gasteiger partial charge in [0, 0.05) is 18.8 Å². The second kappa shape index (κ2) is 4.98. The maximum absolute atomic E-state index is 5.71. The van der Waals surface area contributed by atoms with Gasteiger partial charge in [0.15, 0.2) is 0 Å². The van der Waals surface area contributed by atoms with Crippen molar-refractivity contribution < 1.29 is 4.74 Å². The van der Waals surface area contributed by atoms with Gasteiger partial charge in [-0.3, -0.25) is 4.98 Å². The Morgan fingerprint density at radius 2 is 2.35 bits per heavy atom. The SMILES string of the molecule is CC1CN(c2cccnc2C(N)=S)C(C)CO1. The molecule has 2 heterocycles. The summed E-state index contributed by atoms with van der Waals surface area (Å²) in [5, 5.41) is 0. The third-order valence-electron chi connectivity index (χ3n) is 2.94. The van der Waals surface area contributed by atoms with Gasteiger partial charge in [0.25, 0.3) is 0 Å². The topological polar surface area (TPSA) is 51.4 Å². The summed E-state index contributed by atoms with van der Waals surface area (Å²) in [6.45, 7) is 5.74. The fraction of sp³-hybridized carbons (Fsp3) is 0.500. The average molecular weight is 251 g/mol. The van der Waals surface area contributed by atoms with E-state index in [1.54, 1.807) is 6.20 Å². The summed E-state index contributed by atoms with van der Waals surface area (Å²) in [7, 11) is 0. The van der Waals surface area contributed by atoms with E-state index >= 15 is 0 Å². The maximum atomic E-state index is 5.71. The van der Waals surface area contributed by atoms with Crippen molar-refractivity contribution in [1.29, 1.82) is 0 Å². The van der Waals surface area contributed by atoms with Crippen molar-refractivity contribution in [2.24, 2.45) is 5.73 Å². The van der Waals surface area contributed by atoms with E-state index in [9.17, 15) is 0 Å². The Kier molecular flexibility index (Phi) is 3.59. The van der Waals surface area contributed by atoms with Gasteiger partial charge in [-0.1, -0.05) is 12.2 Å². The molecule has 2 N–H and O–H groups in total. The van der Waals surface area contributed by atoms with E-state index in [0.717, 1.165) is 12.2 Å². The van der Waals surface area contributed by atoms with Gasteiger partial charge in [-0.05, 0) is 26.0 Å². The van der Waals surface area contributed by atoms with Crippen LogP contribution in [0.4, 0.5) is 5.69 Å². The van der Waals surface area contributed by atoms with Crippen LogP contribution in [0.1, 0.15) is 19.5 Å². The third kappa shape index (κ3) is 2.56. The van der Waals surface area contributed by atoms with Crippen LogP contribution in [-0.2, 0) is 4.74 Å². The molecule has 0 aromatic carbocycles. The molecule has 2 unspecified atom stereocenters. The van der Waals surface area contributed by atoms with Crippen molar-refractivity contribution in [2.45, 2.75) is 26.0 Å². The lowest BCUT2D eigenvalue weighted by Crippen LogP contribution is -2.48. The average Bonchev–Trinajstić information content (AvgIpc) is 2.32. The van der Waals surface area contributed by atoms with E-state index in [-0.39, 0.29) is 6.10 Å². The van der Waals surface area contributed by atoms with E-state index in [1.807, 2.05) is 12.1 Å². The Balaban J connectivity index is 2.35. The molecule has 17 heavy (non-hydrogen) atoms. The molecule has 2 atom stereocenters. The molecule has 1 aliphatic rings. The zero-order valence-corrected chi connectivity index (χ0v) is 10.9. The van der Waals surface area contributed by atoms with Crippen LogP contribution in [0.5, 0.6) is 0 Å². The molecular formula is C12H17N3OS. The monoisotopic (exact) mass is 251 g/mol. The molecule has 92 valence electrons. The van der Waals surface area contributed by atoms with Gasteiger partial charge in [0.2, 0.25) is 0 Å². The summed E-state index contributed by atoms with van der Waals surface area (Å²) in [5.74, 6) is 0. The molecule has 0 bridgehead atoms. The fourth-order valence-corrected chi connectivity index (χ4v) is 2.21. The van der Waals surface area contributed by atoms with Gasteiger partial charge in [-0.2, -0.15) is 0 Å². The number of nitrogens with two attached hydrogens (primary N) is 1. The van der Waals surface area contributed by atoms with Crippen LogP contribution in [0, 0.1) is 0 Å². The molecule has 1 saturated heterocycles. The molecular weight excluding hydrogens is 234 g/mol. The standard InChI is InChI=1S/C12H17N3OS/c1-8-7-16-9(2)6-15(8)10-4-3-5-14-11(10)12(13)17/h3-5,8-9H,6-7H2,1-2H3,(H2,13,17). The third-order valence-corrected chi connectivity index (χ3v) is 3.13. The number of morpholine rings is 1. The quantitative estimate of drug-likeness (QED) is 0.804. The smallest absolute Gasteiger partial charge is 0.124 e. The van der Waals surface area contributed by atoms with E-state index in [1.165, 1.54) is 0 Å². The molecule has 4 nitrogen and oxygen atoms in total. The van der Waals surface area contributed by atoms with Crippen LogP contribution in [0.2, 0.25) is 0 Å². The zero-order chi connectivity index (χ0) is 12.4. The van der Waals surface area contributed by atoms with Gasteiger partial charge in [0.1, 0.15) is 10.7 Å². The van der Waals surface area contributed by atoms with Crippen molar-refractivity contribution in [2.75, 3.05) is 18.1 Å². The largest absolute Gasteiger partial charge is 0.388 e. The first-order valence-electron chi connectivity index (χ1n) is 5.72. The van der Waals surface area contributed by atoms with Gasteiger partial charge in [0.05, 0.1) is 18.4 Å². The summed E-state index contributed by atoms with van der Waals surface area (Å²) in [6.07, 6.45) is 1.93. The summed E-state index contributed by atoms with van der Waals surface area (Å²) < 4.78 is 5.62. The Morgan fingerprint density at radius 3 is 3.06 bits per heavy atom. The first-order valence-corrected chi connectivity index (χ1v) is 6.13. The number of nitrogens with zero attached hydrogens (tertiary/aromatic N) is 2. The Hall–Kier alpha value is -1.20. The number of pyridine rings is 1. The van der Waals surface area contributed by atoms with E-state index in [0.29, 0.717) is 23.3 Å². The predicted octanol–water partition coefficient (Wildman–Crippen LogP) is 1.33. The number of ether oxygens (including phenoxy) is 1. The van der Waals surface area contributed by atoms with Crippen LogP contribution in [0.15, 0.2) is 18.3 Å². The number of hydrogen-bond acceptors (Lipinski definition) is 4. The highest BCUT2D eigenvalue weighted by atomic mass is 32.1. The van der Waals surface area contributed by atoms with E-state index in [2.05, 4.69) is 23.7 Å². The second-order valence-electron chi connectivity index (χ2n) is 4.38. The van der Waals surface area contributed by atoms with Gasteiger partial charge in [-0.25, -0.2) is 0 Å². The summed E-state index contributed by atoms with van der Waals surface area (Å²) in [5.41, 5.74) is 7.41. The molecule has 0 radical (unpaired) electrons. The fourth-order valence-electron chi connectivity index (χ4n) is 2.06.